The summed E-state index contributed by atoms with van der Waals surface area (Å²) in [6.45, 7) is 1.29. The number of carbonyl (C=O) groups is 1. The fourth-order valence-corrected chi connectivity index (χ4v) is 5.44. The maximum atomic E-state index is 13.1. The first-order valence-corrected chi connectivity index (χ1v) is 12.2. The molecule has 29 heavy (non-hydrogen) atoms. The summed E-state index contributed by atoms with van der Waals surface area (Å²) >= 11 is 0. The summed E-state index contributed by atoms with van der Waals surface area (Å²) in [5, 5.41) is 1.28. The van der Waals surface area contributed by atoms with Gasteiger partial charge in [-0.2, -0.15) is 0 Å². The summed E-state index contributed by atoms with van der Waals surface area (Å²) in [4.78, 5) is 20.5. The summed E-state index contributed by atoms with van der Waals surface area (Å²) in [6.07, 6.45) is 7.78. The van der Waals surface area contributed by atoms with Gasteiger partial charge < -0.3 is 9.88 Å². The van der Waals surface area contributed by atoms with E-state index < -0.39 is 9.84 Å². The van der Waals surface area contributed by atoms with Gasteiger partial charge in [0.2, 0.25) is 5.91 Å². The van der Waals surface area contributed by atoms with Gasteiger partial charge in [-0.3, -0.25) is 9.69 Å². The second-order valence-corrected chi connectivity index (χ2v) is 10.8. The lowest BCUT2D eigenvalue weighted by atomic mass is 9.79. The molecule has 1 amide bonds. The van der Waals surface area contributed by atoms with Crippen LogP contribution in [0.15, 0.2) is 30.5 Å². The molecule has 1 aliphatic heterocycles. The number of benzene rings is 1. The number of nitrogens with one attached hydrogen (secondary N) is 1. The minimum absolute atomic E-state index is 0.106. The number of H-pyrrole nitrogens is 1. The van der Waals surface area contributed by atoms with Crippen molar-refractivity contribution in [2.24, 2.45) is 5.92 Å². The topological polar surface area (TPSA) is 73.5 Å². The van der Waals surface area contributed by atoms with Crippen molar-refractivity contribution in [3.63, 3.8) is 0 Å². The monoisotopic (exact) mass is 415 g/mol. The SMILES string of the molecule is CN(CCCCS(C)(=O)=O)C(=O)[C@@H]1C=C2c3cccc4[nH]cc(c34)C[C@H]2N(C)C1. The summed E-state index contributed by atoms with van der Waals surface area (Å²) in [5.74, 6) is 0.103. The van der Waals surface area contributed by atoms with Gasteiger partial charge in [0.1, 0.15) is 9.84 Å². The number of rotatable bonds is 6. The summed E-state index contributed by atoms with van der Waals surface area (Å²) in [5.41, 5.74) is 4.98. The standard InChI is InChI=1S/C22H29N3O3S/c1-24(9-4-5-10-29(3,27)28)22(26)16-11-18-17-7-6-8-19-21(17)15(13-23-19)12-20(18)25(2)14-16/h6-8,11,13,16,20,23H,4-5,9-10,12,14H2,1-3H3/t16-,20-/m1/s1. The fourth-order valence-electron chi connectivity index (χ4n) is 4.71. The van der Waals surface area contributed by atoms with Gasteiger partial charge in [-0.05, 0) is 49.1 Å². The third kappa shape index (κ3) is 3.98. The molecule has 0 saturated heterocycles. The number of aromatic amines is 1. The molecule has 1 N–H and O–H groups in total. The van der Waals surface area contributed by atoms with Crippen LogP contribution in [-0.4, -0.2) is 74.3 Å². The smallest absolute Gasteiger partial charge is 0.230 e. The normalized spacial score (nSPS) is 21.7. The number of hydrogen-bond acceptors (Lipinski definition) is 4. The number of sulfone groups is 1. The minimum Gasteiger partial charge on any atom is -0.361 e. The molecule has 2 atom stereocenters. The Bertz CT molecular complexity index is 1070. The van der Waals surface area contributed by atoms with Gasteiger partial charge in [0, 0.05) is 55.3 Å². The highest BCUT2D eigenvalue weighted by Crippen LogP contribution is 2.40. The number of amides is 1. The van der Waals surface area contributed by atoms with Crippen LogP contribution in [0.3, 0.4) is 0 Å². The van der Waals surface area contributed by atoms with Crippen LogP contribution in [0.1, 0.15) is 24.0 Å². The quantitative estimate of drug-likeness (QED) is 0.735. The van der Waals surface area contributed by atoms with Crippen molar-refractivity contribution in [2.75, 3.05) is 39.2 Å². The number of aromatic nitrogens is 1. The Hall–Kier alpha value is -2.12. The number of hydrogen-bond donors (Lipinski definition) is 1. The van der Waals surface area contributed by atoms with Gasteiger partial charge in [0.25, 0.3) is 0 Å². The third-order valence-electron chi connectivity index (χ3n) is 6.22. The van der Waals surface area contributed by atoms with Gasteiger partial charge in [-0.15, -0.1) is 0 Å². The molecular weight excluding hydrogens is 386 g/mol. The Balaban J connectivity index is 1.52. The molecule has 0 fully saturated rings. The molecule has 1 aromatic carbocycles. The first kappa shape index (κ1) is 20.2. The van der Waals surface area contributed by atoms with Crippen molar-refractivity contribution in [1.82, 2.24) is 14.8 Å². The van der Waals surface area contributed by atoms with E-state index in [9.17, 15) is 13.2 Å². The lowest BCUT2D eigenvalue weighted by molar-refractivity contribution is -0.133. The van der Waals surface area contributed by atoms with Crippen LogP contribution in [0.2, 0.25) is 0 Å². The van der Waals surface area contributed by atoms with Crippen molar-refractivity contribution < 1.29 is 13.2 Å². The molecular formula is C22H29N3O3S. The van der Waals surface area contributed by atoms with Crippen LogP contribution in [0, 0.1) is 5.92 Å². The van der Waals surface area contributed by atoms with E-state index in [-0.39, 0.29) is 17.6 Å². The van der Waals surface area contributed by atoms with E-state index in [1.54, 1.807) is 4.90 Å². The van der Waals surface area contributed by atoms with Crippen LogP contribution in [0.4, 0.5) is 0 Å². The average molecular weight is 416 g/mol. The van der Waals surface area contributed by atoms with Gasteiger partial charge >= 0.3 is 0 Å². The first-order chi connectivity index (χ1) is 13.7. The van der Waals surface area contributed by atoms with E-state index in [1.807, 2.05) is 7.05 Å². The molecule has 2 aromatic rings. The van der Waals surface area contributed by atoms with Gasteiger partial charge in [0.15, 0.2) is 0 Å². The van der Waals surface area contributed by atoms with E-state index >= 15 is 0 Å². The molecule has 0 spiro atoms. The molecule has 0 unspecified atom stereocenters. The van der Waals surface area contributed by atoms with Gasteiger partial charge in [-0.25, -0.2) is 8.42 Å². The van der Waals surface area contributed by atoms with Gasteiger partial charge in [0.05, 0.1) is 5.92 Å². The number of unbranched alkanes of at least 4 members (excludes halogenated alkanes) is 1. The van der Waals surface area contributed by atoms with Crippen molar-refractivity contribution >= 4 is 32.2 Å². The van der Waals surface area contributed by atoms with Crippen molar-refractivity contribution in [2.45, 2.75) is 25.3 Å². The maximum Gasteiger partial charge on any atom is 0.230 e. The third-order valence-corrected chi connectivity index (χ3v) is 7.25. The molecule has 0 radical (unpaired) electrons. The van der Waals surface area contributed by atoms with Crippen LogP contribution in [0.5, 0.6) is 0 Å². The molecule has 2 aliphatic rings. The summed E-state index contributed by atoms with van der Waals surface area (Å²) in [6, 6.07) is 6.63. The summed E-state index contributed by atoms with van der Waals surface area (Å²) in [7, 11) is 0.974. The second-order valence-electron chi connectivity index (χ2n) is 8.53. The molecule has 6 nitrogen and oxygen atoms in total. The zero-order valence-corrected chi connectivity index (χ0v) is 18.1. The molecule has 1 aromatic heterocycles. The Morgan fingerprint density at radius 3 is 2.86 bits per heavy atom. The molecule has 1 aliphatic carbocycles. The van der Waals surface area contributed by atoms with Crippen LogP contribution in [-0.2, 0) is 21.1 Å². The highest BCUT2D eigenvalue weighted by atomic mass is 32.2. The number of nitrogens with zero attached hydrogens (tertiary/aromatic N) is 2. The van der Waals surface area contributed by atoms with Gasteiger partial charge in [-0.1, -0.05) is 18.2 Å². The maximum absolute atomic E-state index is 13.1. The predicted molar refractivity (Wildman–Crippen MR) is 116 cm³/mol. The molecule has 156 valence electrons. The van der Waals surface area contributed by atoms with Crippen molar-refractivity contribution in [3.05, 3.63) is 41.6 Å². The van der Waals surface area contributed by atoms with Crippen LogP contribution in [0.25, 0.3) is 16.5 Å². The highest BCUT2D eigenvalue weighted by molar-refractivity contribution is 7.90. The second kappa shape index (κ2) is 7.61. The largest absolute Gasteiger partial charge is 0.361 e. The number of likely N-dealkylation sites (N-methyl/N-ethyl adjacent to an activating group) is 1. The van der Waals surface area contributed by atoms with Crippen molar-refractivity contribution in [1.29, 1.82) is 0 Å². The van der Waals surface area contributed by atoms with Crippen LogP contribution < -0.4 is 0 Å². The molecule has 7 heteroatoms. The fraction of sp³-hybridized carbons (Fsp3) is 0.500. The molecule has 0 bridgehead atoms. The molecule has 2 heterocycles. The molecule has 4 rings (SSSR count). The lowest BCUT2D eigenvalue weighted by Gasteiger charge is -2.40. The summed E-state index contributed by atoms with van der Waals surface area (Å²) < 4.78 is 22.6. The Morgan fingerprint density at radius 1 is 1.31 bits per heavy atom. The lowest BCUT2D eigenvalue weighted by Crippen LogP contribution is -2.47. The van der Waals surface area contributed by atoms with E-state index in [0.717, 1.165) is 11.9 Å². The van der Waals surface area contributed by atoms with E-state index in [2.05, 4.69) is 47.4 Å². The van der Waals surface area contributed by atoms with E-state index in [1.165, 1.54) is 28.3 Å². The Kier molecular flexibility index (Phi) is 5.29. The Morgan fingerprint density at radius 2 is 2.10 bits per heavy atom. The minimum atomic E-state index is -2.94. The average Bonchev–Trinajstić information content (AvgIpc) is 3.09. The highest BCUT2D eigenvalue weighted by Gasteiger charge is 2.36. The van der Waals surface area contributed by atoms with Crippen LogP contribution >= 0.6 is 0 Å². The van der Waals surface area contributed by atoms with E-state index in [0.29, 0.717) is 32.0 Å². The zero-order chi connectivity index (χ0) is 20.8. The van der Waals surface area contributed by atoms with Crippen molar-refractivity contribution in [3.8, 4) is 0 Å². The Labute approximate surface area is 172 Å². The molecule has 0 saturated carbocycles. The zero-order valence-electron chi connectivity index (χ0n) is 17.3. The first-order valence-electron chi connectivity index (χ1n) is 10.2. The number of fused-ring (bicyclic) bond motifs is 2. The van der Waals surface area contributed by atoms with E-state index in [4.69, 9.17) is 0 Å². The number of carbonyl (C=O) groups excluding carboxylic acids is 1. The predicted octanol–water partition coefficient (Wildman–Crippen LogP) is 2.32.